The number of carbonyl (C=O) groups is 2. The maximum atomic E-state index is 13.5. The number of para-hydroxylation sites is 2. The quantitative estimate of drug-likeness (QED) is 0.738. The second-order valence-corrected chi connectivity index (χ2v) is 8.33. The molecule has 2 unspecified atom stereocenters. The van der Waals surface area contributed by atoms with Gasteiger partial charge in [0, 0.05) is 25.5 Å². The number of benzene rings is 2. The van der Waals surface area contributed by atoms with E-state index < -0.39 is 12.2 Å². The molecular formula is C24H26N6O2. The molecule has 8 nitrogen and oxygen atoms in total. The van der Waals surface area contributed by atoms with E-state index in [2.05, 4.69) is 12.1 Å². The number of aryl methyl sites for hydroxylation is 1. The largest absolute Gasteiger partial charge is 0.397 e. The van der Waals surface area contributed by atoms with Crippen molar-refractivity contribution >= 4 is 29.3 Å². The summed E-state index contributed by atoms with van der Waals surface area (Å²) in [7, 11) is 1.71. The zero-order valence-corrected chi connectivity index (χ0v) is 18.2. The number of nitrogen functional groups attached to an aromatic ring is 1. The van der Waals surface area contributed by atoms with Crippen molar-refractivity contribution in [3.8, 4) is 0 Å². The highest BCUT2D eigenvalue weighted by molar-refractivity contribution is 6.10. The summed E-state index contributed by atoms with van der Waals surface area (Å²) in [4.78, 5) is 38.0. The topological polar surface area (TPSA) is 85.5 Å². The van der Waals surface area contributed by atoms with Crippen LogP contribution in [0.1, 0.15) is 18.9 Å². The molecule has 0 spiro atoms. The molecule has 8 heteroatoms. The molecule has 0 saturated carbocycles. The van der Waals surface area contributed by atoms with Crippen molar-refractivity contribution in [1.82, 2.24) is 14.7 Å². The van der Waals surface area contributed by atoms with Gasteiger partial charge in [0.15, 0.2) is 12.2 Å². The lowest BCUT2D eigenvalue weighted by Crippen LogP contribution is -2.64. The highest BCUT2D eigenvalue weighted by Crippen LogP contribution is 2.38. The average molecular weight is 431 g/mol. The van der Waals surface area contributed by atoms with Crippen molar-refractivity contribution in [1.29, 1.82) is 0 Å². The van der Waals surface area contributed by atoms with Crippen molar-refractivity contribution in [3.05, 3.63) is 72.1 Å². The Bertz CT molecular complexity index is 1130. The van der Waals surface area contributed by atoms with Crippen LogP contribution in [0.5, 0.6) is 0 Å². The van der Waals surface area contributed by atoms with E-state index in [-0.39, 0.29) is 11.9 Å². The lowest BCUT2D eigenvalue weighted by molar-refractivity contribution is -0.136. The van der Waals surface area contributed by atoms with Crippen molar-refractivity contribution in [2.24, 2.45) is 4.99 Å². The monoisotopic (exact) mass is 430 g/mol. The molecular weight excluding hydrogens is 404 g/mol. The SMILES string of the molecule is CC1=CN2C(=NC3C2C(=O)N(CCCc2ccccc2)C(=O)N3C)N1c1ccccc1N. The van der Waals surface area contributed by atoms with Crippen LogP contribution in [0, 0.1) is 0 Å². The fourth-order valence-corrected chi connectivity index (χ4v) is 4.63. The van der Waals surface area contributed by atoms with Crippen molar-refractivity contribution in [2.75, 3.05) is 24.2 Å². The Balaban J connectivity index is 1.38. The molecule has 1 saturated heterocycles. The van der Waals surface area contributed by atoms with Crippen LogP contribution >= 0.6 is 0 Å². The summed E-state index contributed by atoms with van der Waals surface area (Å²) >= 11 is 0. The third kappa shape index (κ3) is 3.10. The van der Waals surface area contributed by atoms with E-state index in [4.69, 9.17) is 10.7 Å². The predicted molar refractivity (Wildman–Crippen MR) is 124 cm³/mol. The number of guanidine groups is 1. The molecule has 0 radical (unpaired) electrons. The fourth-order valence-electron chi connectivity index (χ4n) is 4.63. The third-order valence-electron chi connectivity index (χ3n) is 6.26. The first-order valence-corrected chi connectivity index (χ1v) is 10.8. The highest BCUT2D eigenvalue weighted by atomic mass is 16.2. The van der Waals surface area contributed by atoms with Crippen molar-refractivity contribution in [3.63, 3.8) is 0 Å². The van der Waals surface area contributed by atoms with Gasteiger partial charge in [0.05, 0.1) is 11.4 Å². The zero-order valence-electron chi connectivity index (χ0n) is 18.2. The molecule has 5 rings (SSSR count). The maximum absolute atomic E-state index is 13.5. The smallest absolute Gasteiger partial charge is 0.328 e. The van der Waals surface area contributed by atoms with Gasteiger partial charge in [-0.3, -0.25) is 14.6 Å². The molecule has 3 heterocycles. The van der Waals surface area contributed by atoms with Crippen LogP contribution in [-0.4, -0.2) is 58.4 Å². The molecule has 32 heavy (non-hydrogen) atoms. The molecule has 2 atom stereocenters. The number of nitrogens with two attached hydrogens (primary N) is 1. The Kier molecular flexibility index (Phi) is 4.84. The van der Waals surface area contributed by atoms with Gasteiger partial charge in [-0.2, -0.15) is 0 Å². The number of aliphatic imine (C=N–C) groups is 1. The maximum Gasteiger partial charge on any atom is 0.328 e. The minimum atomic E-state index is -0.575. The number of anilines is 2. The summed E-state index contributed by atoms with van der Waals surface area (Å²) in [5.74, 6) is 0.409. The van der Waals surface area contributed by atoms with Crippen LogP contribution < -0.4 is 10.6 Å². The Hall–Kier alpha value is -3.81. The first-order chi connectivity index (χ1) is 15.5. The van der Waals surface area contributed by atoms with Crippen molar-refractivity contribution < 1.29 is 9.59 Å². The number of allylic oxidation sites excluding steroid dienone is 1. The number of imide groups is 1. The molecule has 3 amide bonds. The Morgan fingerprint density at radius 2 is 1.75 bits per heavy atom. The van der Waals surface area contributed by atoms with E-state index in [1.165, 1.54) is 10.5 Å². The summed E-state index contributed by atoms with van der Waals surface area (Å²) in [5.41, 5.74) is 9.75. The van der Waals surface area contributed by atoms with E-state index in [9.17, 15) is 9.59 Å². The minimum absolute atomic E-state index is 0.211. The van der Waals surface area contributed by atoms with E-state index in [0.29, 0.717) is 24.6 Å². The summed E-state index contributed by atoms with van der Waals surface area (Å²) in [6.45, 7) is 2.34. The number of nitrogens with zero attached hydrogens (tertiary/aromatic N) is 5. The number of urea groups is 1. The molecule has 1 fully saturated rings. The Morgan fingerprint density at radius 1 is 1.03 bits per heavy atom. The average Bonchev–Trinajstić information content (AvgIpc) is 3.30. The molecule has 2 N–H and O–H groups in total. The third-order valence-corrected chi connectivity index (χ3v) is 6.26. The number of amides is 3. The summed E-state index contributed by atoms with van der Waals surface area (Å²) in [5, 5.41) is 0. The first-order valence-electron chi connectivity index (χ1n) is 10.8. The number of rotatable bonds is 5. The van der Waals surface area contributed by atoms with Crippen LogP contribution in [0.15, 0.2) is 71.5 Å². The number of hydrogen-bond acceptors (Lipinski definition) is 6. The molecule has 2 aromatic carbocycles. The standard InChI is InChI=1S/C24H26N6O2/c1-16-15-29-20-21(26-23(29)30(16)19-13-7-6-12-18(19)25)27(2)24(32)28(22(20)31)14-8-11-17-9-4-3-5-10-17/h3-7,9-10,12-13,15,20-21H,8,11,14,25H2,1-2H3. The van der Waals surface area contributed by atoms with Crippen LogP contribution in [-0.2, 0) is 11.2 Å². The second kappa shape index (κ2) is 7.71. The molecule has 0 aliphatic carbocycles. The van der Waals surface area contributed by atoms with Crippen LogP contribution in [0.2, 0.25) is 0 Å². The number of fused-ring (bicyclic) bond motifs is 3. The fraction of sp³-hybridized carbons (Fsp3) is 0.292. The lowest BCUT2D eigenvalue weighted by Gasteiger charge is -2.40. The predicted octanol–water partition coefficient (Wildman–Crippen LogP) is 2.84. The van der Waals surface area contributed by atoms with E-state index in [1.807, 2.05) is 65.4 Å². The second-order valence-electron chi connectivity index (χ2n) is 8.33. The van der Waals surface area contributed by atoms with E-state index >= 15 is 0 Å². The highest BCUT2D eigenvalue weighted by Gasteiger charge is 2.54. The minimum Gasteiger partial charge on any atom is -0.397 e. The summed E-state index contributed by atoms with van der Waals surface area (Å²) < 4.78 is 0. The van der Waals surface area contributed by atoms with Gasteiger partial charge in [0.2, 0.25) is 5.96 Å². The molecule has 3 aliphatic rings. The molecule has 0 bridgehead atoms. The van der Waals surface area contributed by atoms with Gasteiger partial charge in [-0.05, 0) is 37.5 Å². The number of hydrogen-bond donors (Lipinski definition) is 1. The number of likely N-dealkylation sites (N-methyl/N-ethyl adjacent to an activating group) is 1. The summed E-state index contributed by atoms with van der Waals surface area (Å²) in [6.07, 6.45) is 2.87. The molecule has 2 aromatic rings. The van der Waals surface area contributed by atoms with Crippen LogP contribution in [0.4, 0.5) is 16.2 Å². The normalized spacial score (nSPS) is 22.2. The van der Waals surface area contributed by atoms with Gasteiger partial charge in [-0.25, -0.2) is 9.79 Å². The van der Waals surface area contributed by atoms with Crippen LogP contribution in [0.25, 0.3) is 0 Å². The van der Waals surface area contributed by atoms with Gasteiger partial charge >= 0.3 is 6.03 Å². The van der Waals surface area contributed by atoms with E-state index in [0.717, 1.165) is 17.8 Å². The van der Waals surface area contributed by atoms with Crippen molar-refractivity contribution in [2.45, 2.75) is 32.0 Å². The Labute approximate surface area is 187 Å². The van der Waals surface area contributed by atoms with Gasteiger partial charge in [-0.1, -0.05) is 42.5 Å². The van der Waals surface area contributed by atoms with E-state index in [1.54, 1.807) is 11.9 Å². The first kappa shape index (κ1) is 20.1. The zero-order chi connectivity index (χ0) is 22.4. The molecule has 3 aliphatic heterocycles. The lowest BCUT2D eigenvalue weighted by atomic mass is 10.1. The van der Waals surface area contributed by atoms with Crippen LogP contribution in [0.3, 0.4) is 0 Å². The molecule has 164 valence electrons. The van der Waals surface area contributed by atoms with Gasteiger partial charge in [0.25, 0.3) is 5.91 Å². The van der Waals surface area contributed by atoms with Gasteiger partial charge in [0.1, 0.15) is 0 Å². The van der Waals surface area contributed by atoms with Gasteiger partial charge < -0.3 is 15.5 Å². The number of carbonyl (C=O) groups excluding carboxylic acids is 2. The summed E-state index contributed by atoms with van der Waals surface area (Å²) in [6, 6.07) is 16.8. The molecule has 0 aromatic heterocycles. The van der Waals surface area contributed by atoms with Gasteiger partial charge in [-0.15, -0.1) is 0 Å². The Morgan fingerprint density at radius 3 is 2.50 bits per heavy atom.